The molecule has 37 heavy (non-hydrogen) atoms. The summed E-state index contributed by atoms with van der Waals surface area (Å²) in [5.41, 5.74) is 2.43. The van der Waals surface area contributed by atoms with Gasteiger partial charge in [0.1, 0.15) is 5.82 Å². The predicted octanol–water partition coefficient (Wildman–Crippen LogP) is 4.23. The van der Waals surface area contributed by atoms with E-state index in [1.807, 2.05) is 54.8 Å². The van der Waals surface area contributed by atoms with Crippen molar-refractivity contribution in [3.63, 3.8) is 0 Å². The summed E-state index contributed by atoms with van der Waals surface area (Å²) in [6.45, 7) is 2.13. The van der Waals surface area contributed by atoms with Crippen molar-refractivity contribution in [2.45, 2.75) is 24.4 Å². The zero-order valence-corrected chi connectivity index (χ0v) is 21.8. The van der Waals surface area contributed by atoms with Crippen LogP contribution in [0.4, 0.5) is 22.2 Å². The average molecular weight is 537 g/mol. The normalized spacial score (nSPS) is 13.2. The molecule has 2 heterocycles. The molecule has 192 valence electrons. The van der Waals surface area contributed by atoms with Crippen molar-refractivity contribution in [2.75, 3.05) is 17.2 Å². The minimum Gasteiger partial charge on any atom is -0.394 e. The molecule has 0 spiro atoms. The second-order valence-corrected chi connectivity index (χ2v) is 11.2. The highest BCUT2D eigenvalue weighted by Crippen LogP contribution is 2.31. The van der Waals surface area contributed by atoms with Gasteiger partial charge in [-0.05, 0) is 54.1 Å². The first kappa shape index (κ1) is 26.1. The van der Waals surface area contributed by atoms with E-state index < -0.39 is 15.7 Å². The fraction of sp³-hybridized carbons (Fsp3) is 0.154. The third-order valence-corrected chi connectivity index (χ3v) is 7.73. The van der Waals surface area contributed by atoms with Crippen molar-refractivity contribution in [1.29, 1.82) is 0 Å². The second-order valence-electron chi connectivity index (χ2n) is 8.26. The van der Waals surface area contributed by atoms with Gasteiger partial charge in [-0.15, -0.1) is 11.3 Å². The summed E-state index contributed by atoms with van der Waals surface area (Å²) in [6.07, 6.45) is 1.72. The number of thiophene rings is 1. The smallest absolute Gasteiger partial charge is 0.326 e. The van der Waals surface area contributed by atoms with E-state index in [4.69, 9.17) is 0 Å². The van der Waals surface area contributed by atoms with Crippen LogP contribution in [0, 0.1) is 0 Å². The molecule has 11 heteroatoms. The van der Waals surface area contributed by atoms with Gasteiger partial charge in [-0.2, -0.15) is 4.98 Å². The first-order valence-electron chi connectivity index (χ1n) is 11.5. The van der Waals surface area contributed by atoms with Crippen molar-refractivity contribution in [2.24, 2.45) is 0 Å². The molecule has 0 radical (unpaired) electrons. The Bertz CT molecular complexity index is 1430. The Morgan fingerprint density at radius 2 is 1.86 bits per heavy atom. The van der Waals surface area contributed by atoms with E-state index in [0.717, 1.165) is 16.0 Å². The molecule has 0 bridgehead atoms. The number of hydrogen-bond donors (Lipinski definition) is 5. The molecule has 2 aromatic carbocycles. The number of aromatic nitrogens is 2. The van der Waals surface area contributed by atoms with Crippen LogP contribution in [0.15, 0.2) is 83.2 Å². The molecule has 1 unspecified atom stereocenters. The van der Waals surface area contributed by atoms with Crippen molar-refractivity contribution < 1.29 is 14.1 Å². The number of nitrogens with zero attached hydrogens (tertiary/aromatic N) is 2. The number of carbonyl (C=O) groups excluding carboxylic acids is 1. The average Bonchev–Trinajstić information content (AvgIpc) is 3.43. The molecule has 0 fully saturated rings. The minimum absolute atomic E-state index is 0.0409. The number of aliphatic hydroxyl groups is 1. The molecule has 0 aliphatic rings. The van der Waals surface area contributed by atoms with E-state index in [-0.39, 0.29) is 12.6 Å². The number of rotatable bonds is 10. The monoisotopic (exact) mass is 536 g/mol. The van der Waals surface area contributed by atoms with Gasteiger partial charge < -0.3 is 21.1 Å². The molecule has 2 aromatic heterocycles. The van der Waals surface area contributed by atoms with Crippen LogP contribution in [0.5, 0.6) is 0 Å². The summed E-state index contributed by atoms with van der Waals surface area (Å²) >= 11 is 1.57. The third kappa shape index (κ3) is 7.06. The van der Waals surface area contributed by atoms with Gasteiger partial charge in [0, 0.05) is 34.2 Å². The number of benzene rings is 2. The number of urea groups is 1. The van der Waals surface area contributed by atoms with Crippen LogP contribution in [0.3, 0.4) is 0 Å². The fourth-order valence-electron chi connectivity index (χ4n) is 3.35. The van der Waals surface area contributed by atoms with Crippen molar-refractivity contribution in [1.82, 2.24) is 20.0 Å². The molecule has 0 aliphatic carbocycles. The van der Waals surface area contributed by atoms with E-state index in [9.17, 15) is 14.1 Å². The Hall–Kier alpha value is -3.93. The Kier molecular flexibility index (Phi) is 8.39. The first-order chi connectivity index (χ1) is 17.8. The third-order valence-electron chi connectivity index (χ3n) is 5.28. The second kappa shape index (κ2) is 11.9. The molecule has 0 saturated carbocycles. The summed E-state index contributed by atoms with van der Waals surface area (Å²) < 4.78 is 15.5. The maximum absolute atomic E-state index is 13.0. The molecule has 2 amide bonds. The van der Waals surface area contributed by atoms with Crippen LogP contribution in [0.1, 0.15) is 12.5 Å². The summed E-state index contributed by atoms with van der Waals surface area (Å²) in [6, 6.07) is 19.3. The summed E-state index contributed by atoms with van der Waals surface area (Å²) in [5.74, 6) is 4.67. The lowest BCUT2D eigenvalue weighted by molar-refractivity contribution is 0.246. The van der Waals surface area contributed by atoms with E-state index >= 15 is 0 Å². The number of aliphatic hydroxyl groups excluding tert-OH is 1. The number of anilines is 3. The highest BCUT2D eigenvalue weighted by Gasteiger charge is 2.14. The van der Waals surface area contributed by atoms with Crippen LogP contribution in [-0.4, -0.2) is 43.8 Å². The fourth-order valence-corrected chi connectivity index (χ4v) is 5.16. The van der Waals surface area contributed by atoms with E-state index in [2.05, 4.69) is 36.5 Å². The minimum atomic E-state index is -3.06. The molecule has 0 saturated heterocycles. The van der Waals surface area contributed by atoms with Crippen LogP contribution in [0.2, 0.25) is 0 Å². The maximum atomic E-state index is 13.0. The molecule has 9 nitrogen and oxygen atoms in total. The van der Waals surface area contributed by atoms with Gasteiger partial charge in [-0.1, -0.05) is 36.4 Å². The van der Waals surface area contributed by atoms with Crippen molar-refractivity contribution in [3.05, 3.63) is 83.9 Å². The summed E-state index contributed by atoms with van der Waals surface area (Å²) in [4.78, 5) is 22.7. The number of nitrogens with one attached hydrogen (secondary N) is 4. The maximum Gasteiger partial charge on any atom is 0.326 e. The largest absolute Gasteiger partial charge is 0.394 e. The lowest BCUT2D eigenvalue weighted by atomic mass is 10.2. The van der Waals surface area contributed by atoms with Crippen LogP contribution >= 0.6 is 11.3 Å². The molecule has 0 aliphatic heterocycles. The molecule has 4 aromatic rings. The van der Waals surface area contributed by atoms with Crippen LogP contribution < -0.4 is 20.7 Å². The molecular formula is C26H28N6O3S2. The predicted molar refractivity (Wildman–Crippen MR) is 151 cm³/mol. The van der Waals surface area contributed by atoms with Gasteiger partial charge in [-0.3, -0.25) is 4.72 Å². The Morgan fingerprint density at radius 3 is 2.54 bits per heavy atom. The van der Waals surface area contributed by atoms with E-state index in [0.29, 0.717) is 28.9 Å². The number of carbonyl (C=O) groups is 1. The van der Waals surface area contributed by atoms with Gasteiger partial charge in [-0.25, -0.2) is 14.0 Å². The van der Waals surface area contributed by atoms with Crippen LogP contribution in [0.25, 0.3) is 10.4 Å². The highest BCUT2D eigenvalue weighted by atomic mass is 32.2. The Labute approximate surface area is 220 Å². The van der Waals surface area contributed by atoms with Crippen molar-refractivity contribution >= 4 is 50.4 Å². The molecule has 4 rings (SSSR count). The SMILES string of the molecule is C=S(=O)(NC(=O)NCc1ccccc1)c1ccc(Nc2ncc(-c3cccs3)c(N[C@H](C)CO)n2)cc1. The van der Waals surface area contributed by atoms with E-state index in [1.165, 1.54) is 0 Å². The van der Waals surface area contributed by atoms with E-state index in [1.54, 1.807) is 41.8 Å². The topological polar surface area (TPSA) is 128 Å². The highest BCUT2D eigenvalue weighted by molar-refractivity contribution is 7.99. The number of amides is 2. The molecule has 5 N–H and O–H groups in total. The molecule has 2 atom stereocenters. The zero-order chi connectivity index (χ0) is 26.3. The summed E-state index contributed by atoms with van der Waals surface area (Å²) in [5, 5.41) is 20.5. The van der Waals surface area contributed by atoms with Gasteiger partial charge in [0.05, 0.1) is 21.9 Å². The summed E-state index contributed by atoms with van der Waals surface area (Å²) in [7, 11) is -3.06. The van der Waals surface area contributed by atoms with Gasteiger partial charge in [0.25, 0.3) is 0 Å². The van der Waals surface area contributed by atoms with Crippen molar-refractivity contribution in [3.8, 4) is 10.4 Å². The zero-order valence-electron chi connectivity index (χ0n) is 20.2. The van der Waals surface area contributed by atoms with Gasteiger partial charge in [0.15, 0.2) is 0 Å². The number of hydrogen-bond acceptors (Lipinski definition) is 8. The molecular weight excluding hydrogens is 508 g/mol. The quantitative estimate of drug-likeness (QED) is 0.192. The van der Waals surface area contributed by atoms with Gasteiger partial charge >= 0.3 is 6.03 Å². The Balaban J connectivity index is 1.43. The lowest BCUT2D eigenvalue weighted by Gasteiger charge is -2.16. The van der Waals surface area contributed by atoms with Gasteiger partial charge in [0.2, 0.25) is 5.95 Å². The van der Waals surface area contributed by atoms with Crippen LogP contribution in [-0.2, 0) is 16.3 Å². The lowest BCUT2D eigenvalue weighted by Crippen LogP contribution is -2.38. The Morgan fingerprint density at radius 1 is 1.11 bits per heavy atom. The standard InChI is InChI=1S/C26H28N6O3S2/c1-18(17-33)29-24-22(23-9-6-14-36-23)16-27-25(31-24)30-20-10-12-21(13-11-20)37(2,35)32-26(34)28-15-19-7-4-3-5-8-19/h3-14,16,18,33H,2,15,17H2,1H3,(H2,27,29,30,31)(H2,28,32,34,35)/t18-,37?/m1/s1. The first-order valence-corrected chi connectivity index (χ1v) is 14.1.